The van der Waals surface area contributed by atoms with E-state index in [1.165, 1.54) is 21.8 Å². The maximum Gasteiger partial charge on any atom is 0.138 e. The van der Waals surface area contributed by atoms with E-state index in [0.717, 1.165) is 39.6 Å². The van der Waals surface area contributed by atoms with Crippen molar-refractivity contribution in [2.45, 2.75) is 0 Å². The Labute approximate surface area is 209 Å². The standard InChI is InChI=1S/C33H23N3/c1-3-11-23(12-4-1)31-32(24-13-5-2-6-14-24)35-33(34-31)25-19-21-26(22-20-25)36-29-17-9-7-15-27(29)28-16-8-10-18-30(28)36/h1-22H,(H,34,35). The van der Waals surface area contributed by atoms with E-state index in [9.17, 15) is 0 Å². The first-order valence-electron chi connectivity index (χ1n) is 12.2. The number of rotatable bonds is 4. The summed E-state index contributed by atoms with van der Waals surface area (Å²) in [5, 5.41) is 2.53. The van der Waals surface area contributed by atoms with Crippen LogP contribution in [0.3, 0.4) is 0 Å². The lowest BCUT2D eigenvalue weighted by Gasteiger charge is -2.08. The Morgan fingerprint density at radius 1 is 0.472 bits per heavy atom. The molecule has 0 amide bonds. The van der Waals surface area contributed by atoms with Gasteiger partial charge in [0.05, 0.1) is 22.4 Å². The molecule has 0 aliphatic heterocycles. The van der Waals surface area contributed by atoms with Crippen molar-refractivity contribution in [3.8, 4) is 39.6 Å². The van der Waals surface area contributed by atoms with Crippen LogP contribution in [0.15, 0.2) is 133 Å². The van der Waals surface area contributed by atoms with Crippen LogP contribution in [0.25, 0.3) is 61.4 Å². The summed E-state index contributed by atoms with van der Waals surface area (Å²) >= 11 is 0. The van der Waals surface area contributed by atoms with Crippen LogP contribution in [0.1, 0.15) is 0 Å². The normalized spacial score (nSPS) is 11.3. The molecule has 36 heavy (non-hydrogen) atoms. The Morgan fingerprint density at radius 3 is 1.61 bits per heavy atom. The topological polar surface area (TPSA) is 33.6 Å². The van der Waals surface area contributed by atoms with Gasteiger partial charge in [0.15, 0.2) is 0 Å². The van der Waals surface area contributed by atoms with Crippen LogP contribution in [0.5, 0.6) is 0 Å². The van der Waals surface area contributed by atoms with Crippen molar-refractivity contribution in [2.24, 2.45) is 0 Å². The fourth-order valence-electron chi connectivity index (χ4n) is 5.10. The van der Waals surface area contributed by atoms with E-state index in [4.69, 9.17) is 4.98 Å². The van der Waals surface area contributed by atoms with Gasteiger partial charge >= 0.3 is 0 Å². The number of hydrogen-bond donors (Lipinski definition) is 1. The Balaban J connectivity index is 1.35. The van der Waals surface area contributed by atoms with Crippen molar-refractivity contribution in [3.63, 3.8) is 0 Å². The van der Waals surface area contributed by atoms with Crippen molar-refractivity contribution in [3.05, 3.63) is 133 Å². The van der Waals surface area contributed by atoms with E-state index < -0.39 is 0 Å². The van der Waals surface area contributed by atoms with Crippen molar-refractivity contribution in [1.82, 2.24) is 14.5 Å². The highest BCUT2D eigenvalue weighted by atomic mass is 15.0. The predicted molar refractivity (Wildman–Crippen MR) is 149 cm³/mol. The van der Waals surface area contributed by atoms with Crippen molar-refractivity contribution < 1.29 is 0 Å². The maximum atomic E-state index is 5.06. The average molecular weight is 462 g/mol. The van der Waals surface area contributed by atoms with Gasteiger partial charge in [0, 0.05) is 33.2 Å². The number of benzene rings is 5. The highest BCUT2D eigenvalue weighted by molar-refractivity contribution is 6.09. The van der Waals surface area contributed by atoms with Gasteiger partial charge in [-0.3, -0.25) is 0 Å². The SMILES string of the molecule is c1ccc(-c2nc(-c3ccc(-n4c5ccccc5c5ccccc54)cc3)[nH]c2-c2ccccc2)cc1. The summed E-state index contributed by atoms with van der Waals surface area (Å²) in [6.07, 6.45) is 0. The summed E-state index contributed by atoms with van der Waals surface area (Å²) < 4.78 is 2.33. The highest BCUT2D eigenvalue weighted by Crippen LogP contribution is 2.35. The Bertz CT molecular complexity index is 1700. The van der Waals surface area contributed by atoms with E-state index in [0.29, 0.717) is 0 Å². The van der Waals surface area contributed by atoms with Crippen LogP contribution in [-0.2, 0) is 0 Å². The molecule has 0 bridgehead atoms. The molecule has 3 nitrogen and oxygen atoms in total. The quantitative estimate of drug-likeness (QED) is 0.280. The lowest BCUT2D eigenvalue weighted by Crippen LogP contribution is -1.93. The van der Waals surface area contributed by atoms with E-state index in [1.807, 2.05) is 12.1 Å². The van der Waals surface area contributed by atoms with Crippen LogP contribution in [0.2, 0.25) is 0 Å². The molecule has 0 fully saturated rings. The van der Waals surface area contributed by atoms with Crippen LogP contribution in [-0.4, -0.2) is 14.5 Å². The van der Waals surface area contributed by atoms with Gasteiger partial charge in [-0.1, -0.05) is 97.1 Å². The predicted octanol–water partition coefficient (Wildman–Crippen LogP) is 8.51. The molecular formula is C33H23N3. The van der Waals surface area contributed by atoms with Gasteiger partial charge in [-0.15, -0.1) is 0 Å². The van der Waals surface area contributed by atoms with Gasteiger partial charge < -0.3 is 9.55 Å². The molecule has 0 unspecified atom stereocenters. The summed E-state index contributed by atoms with van der Waals surface area (Å²) in [6, 6.07) is 46.6. The Hall–Kier alpha value is -4.89. The van der Waals surface area contributed by atoms with E-state index in [1.54, 1.807) is 0 Å². The van der Waals surface area contributed by atoms with E-state index >= 15 is 0 Å². The van der Waals surface area contributed by atoms with Gasteiger partial charge in [0.2, 0.25) is 0 Å². The number of H-pyrrole nitrogens is 1. The van der Waals surface area contributed by atoms with Gasteiger partial charge in [0.25, 0.3) is 0 Å². The van der Waals surface area contributed by atoms with Gasteiger partial charge in [-0.2, -0.15) is 0 Å². The maximum absolute atomic E-state index is 5.06. The van der Waals surface area contributed by atoms with Crippen LogP contribution < -0.4 is 0 Å². The lowest BCUT2D eigenvalue weighted by molar-refractivity contribution is 1.18. The summed E-state index contributed by atoms with van der Waals surface area (Å²) in [7, 11) is 0. The molecule has 2 aromatic heterocycles. The number of imidazole rings is 1. The number of nitrogens with zero attached hydrogens (tertiary/aromatic N) is 2. The summed E-state index contributed by atoms with van der Waals surface area (Å²) in [6.45, 7) is 0. The smallest absolute Gasteiger partial charge is 0.138 e. The molecule has 0 saturated carbocycles. The Morgan fingerprint density at radius 2 is 1.00 bits per heavy atom. The van der Waals surface area contributed by atoms with Crippen molar-refractivity contribution >= 4 is 21.8 Å². The molecule has 3 heteroatoms. The number of para-hydroxylation sites is 2. The van der Waals surface area contributed by atoms with E-state index in [2.05, 4.69) is 131 Å². The Kier molecular flexibility index (Phi) is 4.78. The molecule has 7 aromatic rings. The number of hydrogen-bond acceptors (Lipinski definition) is 1. The zero-order valence-electron chi connectivity index (χ0n) is 19.6. The van der Waals surface area contributed by atoms with E-state index in [-0.39, 0.29) is 0 Å². The first kappa shape index (κ1) is 20.5. The molecule has 2 heterocycles. The molecule has 0 radical (unpaired) electrons. The first-order chi connectivity index (χ1) is 17.9. The fourth-order valence-corrected chi connectivity index (χ4v) is 5.10. The second-order valence-electron chi connectivity index (χ2n) is 8.96. The molecule has 170 valence electrons. The third kappa shape index (κ3) is 3.33. The number of fused-ring (bicyclic) bond motifs is 3. The number of aromatic nitrogens is 3. The molecule has 7 rings (SSSR count). The number of nitrogens with one attached hydrogen (secondary N) is 1. The van der Waals surface area contributed by atoms with Crippen molar-refractivity contribution in [1.29, 1.82) is 0 Å². The second-order valence-corrected chi connectivity index (χ2v) is 8.96. The van der Waals surface area contributed by atoms with Gasteiger partial charge in [-0.25, -0.2) is 4.98 Å². The lowest BCUT2D eigenvalue weighted by atomic mass is 10.1. The molecule has 0 spiro atoms. The number of aromatic amines is 1. The minimum absolute atomic E-state index is 0.862. The van der Waals surface area contributed by atoms with Gasteiger partial charge in [-0.05, 0) is 36.4 Å². The summed E-state index contributed by atoms with van der Waals surface area (Å²) in [4.78, 5) is 8.67. The monoisotopic (exact) mass is 461 g/mol. The first-order valence-corrected chi connectivity index (χ1v) is 12.2. The minimum atomic E-state index is 0.862. The second kappa shape index (κ2) is 8.40. The molecule has 0 saturated heterocycles. The molecule has 1 N–H and O–H groups in total. The molecular weight excluding hydrogens is 438 g/mol. The molecule has 0 atom stereocenters. The largest absolute Gasteiger partial charge is 0.337 e. The van der Waals surface area contributed by atoms with Crippen LogP contribution >= 0.6 is 0 Å². The van der Waals surface area contributed by atoms with Crippen LogP contribution in [0, 0.1) is 0 Å². The summed E-state index contributed by atoms with van der Waals surface area (Å²) in [5.74, 6) is 0.862. The zero-order chi connectivity index (χ0) is 23.9. The third-order valence-electron chi connectivity index (χ3n) is 6.79. The molecule has 0 aliphatic carbocycles. The minimum Gasteiger partial charge on any atom is -0.337 e. The van der Waals surface area contributed by atoms with Crippen molar-refractivity contribution in [2.75, 3.05) is 0 Å². The van der Waals surface area contributed by atoms with Gasteiger partial charge in [0.1, 0.15) is 5.82 Å². The van der Waals surface area contributed by atoms with Crippen LogP contribution in [0.4, 0.5) is 0 Å². The molecule has 0 aliphatic rings. The zero-order valence-corrected chi connectivity index (χ0v) is 19.6. The summed E-state index contributed by atoms with van der Waals surface area (Å²) in [5.41, 5.74) is 8.82. The average Bonchev–Trinajstić information content (AvgIpc) is 3.55. The molecule has 5 aromatic carbocycles. The fraction of sp³-hybridized carbons (Fsp3) is 0. The highest BCUT2D eigenvalue weighted by Gasteiger charge is 2.16. The third-order valence-corrected chi connectivity index (χ3v) is 6.79.